The molecule has 0 amide bonds. The predicted octanol–water partition coefficient (Wildman–Crippen LogP) is 1.42. The number of nitrogens with one attached hydrogen (secondary N) is 1. The van der Waals surface area contributed by atoms with E-state index in [9.17, 15) is 4.79 Å². The molecule has 0 radical (unpaired) electrons. The lowest BCUT2D eigenvalue weighted by Gasteiger charge is -1.91. The molecule has 0 spiro atoms. The zero-order chi connectivity index (χ0) is 9.42. The summed E-state index contributed by atoms with van der Waals surface area (Å²) in [6.45, 7) is 0. The number of nitrogens with zero attached hydrogens (tertiary/aromatic N) is 2. The first-order chi connectivity index (χ1) is 6.16. The van der Waals surface area contributed by atoms with Crippen LogP contribution >= 0.6 is 15.9 Å². The molecular weight excluding hydrogens is 238 g/mol. The van der Waals surface area contributed by atoms with Gasteiger partial charge >= 0.3 is 5.97 Å². The largest absolute Gasteiger partial charge is 0.477 e. The van der Waals surface area contributed by atoms with Crippen molar-refractivity contribution in [3.05, 3.63) is 22.7 Å². The molecule has 0 bridgehead atoms. The zero-order valence-electron chi connectivity index (χ0n) is 6.28. The number of carbonyl (C=O) groups is 1. The van der Waals surface area contributed by atoms with E-state index < -0.39 is 5.97 Å². The molecule has 2 N–H and O–H groups in total. The van der Waals surface area contributed by atoms with Crippen LogP contribution in [0.5, 0.6) is 0 Å². The highest BCUT2D eigenvalue weighted by Crippen LogP contribution is 2.14. The van der Waals surface area contributed by atoms with Crippen LogP contribution in [0.2, 0.25) is 0 Å². The SMILES string of the molecule is O=C(O)c1cc2nc(Br)[nH]c2cn1. The molecule has 0 aromatic carbocycles. The molecule has 2 aromatic heterocycles. The van der Waals surface area contributed by atoms with Gasteiger partial charge in [-0.05, 0) is 22.0 Å². The fourth-order valence-corrected chi connectivity index (χ4v) is 1.40. The number of H-pyrrole nitrogens is 1. The fraction of sp³-hybridized carbons (Fsp3) is 0. The molecule has 2 rings (SSSR count). The van der Waals surface area contributed by atoms with Crippen molar-refractivity contribution in [1.82, 2.24) is 15.0 Å². The first-order valence-electron chi connectivity index (χ1n) is 3.41. The van der Waals surface area contributed by atoms with E-state index in [-0.39, 0.29) is 5.69 Å². The molecule has 0 saturated carbocycles. The maximum atomic E-state index is 10.5. The van der Waals surface area contributed by atoms with Gasteiger partial charge in [-0.15, -0.1) is 0 Å². The normalized spacial score (nSPS) is 10.5. The Morgan fingerprint density at radius 3 is 3.08 bits per heavy atom. The van der Waals surface area contributed by atoms with Crippen molar-refractivity contribution in [1.29, 1.82) is 0 Å². The van der Waals surface area contributed by atoms with Crippen molar-refractivity contribution in [2.24, 2.45) is 0 Å². The van der Waals surface area contributed by atoms with E-state index in [1.165, 1.54) is 12.3 Å². The Bertz CT molecular complexity index is 480. The van der Waals surface area contributed by atoms with Crippen LogP contribution < -0.4 is 0 Å². The van der Waals surface area contributed by atoms with Crippen LogP contribution in [0, 0.1) is 0 Å². The molecule has 0 saturated heterocycles. The van der Waals surface area contributed by atoms with Gasteiger partial charge in [-0.25, -0.2) is 14.8 Å². The third-order valence-electron chi connectivity index (χ3n) is 1.56. The topological polar surface area (TPSA) is 78.9 Å². The maximum absolute atomic E-state index is 10.5. The number of pyridine rings is 1. The second-order valence-corrected chi connectivity index (χ2v) is 3.17. The van der Waals surface area contributed by atoms with Crippen LogP contribution in [0.15, 0.2) is 17.0 Å². The van der Waals surface area contributed by atoms with Gasteiger partial charge in [0.15, 0.2) is 4.73 Å². The van der Waals surface area contributed by atoms with E-state index in [0.29, 0.717) is 15.8 Å². The first kappa shape index (κ1) is 8.18. The van der Waals surface area contributed by atoms with Crippen LogP contribution in [0.25, 0.3) is 11.0 Å². The number of rotatable bonds is 1. The molecule has 2 aromatic rings. The number of aromatic nitrogens is 3. The van der Waals surface area contributed by atoms with Crippen molar-refractivity contribution in [2.45, 2.75) is 0 Å². The summed E-state index contributed by atoms with van der Waals surface area (Å²) in [5.74, 6) is -1.05. The average Bonchev–Trinajstić information content (AvgIpc) is 2.42. The summed E-state index contributed by atoms with van der Waals surface area (Å²) in [7, 11) is 0. The summed E-state index contributed by atoms with van der Waals surface area (Å²) in [5.41, 5.74) is 1.28. The Hall–Kier alpha value is -1.43. The smallest absolute Gasteiger partial charge is 0.354 e. The molecule has 66 valence electrons. The third-order valence-corrected chi connectivity index (χ3v) is 1.93. The van der Waals surface area contributed by atoms with Crippen molar-refractivity contribution < 1.29 is 9.90 Å². The Balaban J connectivity index is 2.67. The minimum absolute atomic E-state index is 0.00787. The van der Waals surface area contributed by atoms with Crippen molar-refractivity contribution in [2.75, 3.05) is 0 Å². The number of aromatic amines is 1. The molecule has 0 aliphatic carbocycles. The number of carboxylic acid groups (broad SMARTS) is 1. The summed E-state index contributed by atoms with van der Waals surface area (Å²) < 4.78 is 0.562. The van der Waals surface area contributed by atoms with Crippen molar-refractivity contribution >= 4 is 32.9 Å². The van der Waals surface area contributed by atoms with Crippen LogP contribution in [-0.4, -0.2) is 26.0 Å². The number of hydrogen-bond acceptors (Lipinski definition) is 3. The number of imidazole rings is 1. The molecule has 2 heterocycles. The molecule has 0 fully saturated rings. The van der Waals surface area contributed by atoms with Gasteiger partial charge in [-0.2, -0.15) is 0 Å². The van der Waals surface area contributed by atoms with Crippen LogP contribution in [0.3, 0.4) is 0 Å². The number of carboxylic acids is 1. The van der Waals surface area contributed by atoms with E-state index in [1.807, 2.05) is 0 Å². The van der Waals surface area contributed by atoms with Gasteiger partial charge in [-0.3, -0.25) is 0 Å². The van der Waals surface area contributed by atoms with Gasteiger partial charge in [0.05, 0.1) is 17.2 Å². The third kappa shape index (κ3) is 1.40. The Labute approximate surface area is 80.9 Å². The van der Waals surface area contributed by atoms with Crippen molar-refractivity contribution in [3.8, 4) is 0 Å². The van der Waals surface area contributed by atoms with E-state index in [2.05, 4.69) is 30.9 Å². The Morgan fingerprint density at radius 2 is 2.38 bits per heavy atom. The molecule has 0 aliphatic heterocycles. The molecule has 5 nitrogen and oxygen atoms in total. The number of fused-ring (bicyclic) bond motifs is 1. The Morgan fingerprint density at radius 1 is 1.62 bits per heavy atom. The zero-order valence-corrected chi connectivity index (χ0v) is 7.87. The summed E-state index contributed by atoms with van der Waals surface area (Å²) in [6, 6.07) is 1.42. The number of halogens is 1. The first-order valence-corrected chi connectivity index (χ1v) is 4.20. The highest BCUT2D eigenvalue weighted by Gasteiger charge is 2.07. The van der Waals surface area contributed by atoms with Gasteiger partial charge in [0.1, 0.15) is 5.69 Å². The summed E-state index contributed by atoms with van der Waals surface area (Å²) in [5, 5.41) is 8.64. The van der Waals surface area contributed by atoms with E-state index in [4.69, 9.17) is 5.11 Å². The lowest BCUT2D eigenvalue weighted by molar-refractivity contribution is 0.0690. The van der Waals surface area contributed by atoms with Crippen molar-refractivity contribution in [3.63, 3.8) is 0 Å². The number of hydrogen-bond donors (Lipinski definition) is 2. The molecule has 0 atom stereocenters. The molecule has 0 aliphatic rings. The average molecular weight is 242 g/mol. The van der Waals surface area contributed by atoms with Gasteiger partial charge in [0, 0.05) is 0 Å². The molecule has 13 heavy (non-hydrogen) atoms. The standard InChI is InChI=1S/C7H4BrN3O2/c8-7-10-3-1-4(6(12)13)9-2-5(3)11-7/h1-2H,(H,10,11)(H,12,13). The lowest BCUT2D eigenvalue weighted by Crippen LogP contribution is -1.98. The lowest BCUT2D eigenvalue weighted by atomic mass is 10.3. The minimum atomic E-state index is -1.05. The second-order valence-electron chi connectivity index (χ2n) is 2.42. The predicted molar refractivity (Wildman–Crippen MR) is 48.5 cm³/mol. The monoisotopic (exact) mass is 241 g/mol. The summed E-state index contributed by atoms with van der Waals surface area (Å²) in [4.78, 5) is 21.2. The van der Waals surface area contributed by atoms with E-state index in [1.54, 1.807) is 0 Å². The van der Waals surface area contributed by atoms with Crippen LogP contribution in [0.4, 0.5) is 0 Å². The van der Waals surface area contributed by atoms with Crippen LogP contribution in [0.1, 0.15) is 10.5 Å². The number of aromatic carboxylic acids is 1. The maximum Gasteiger partial charge on any atom is 0.354 e. The molecular formula is C7H4BrN3O2. The van der Waals surface area contributed by atoms with E-state index in [0.717, 1.165) is 0 Å². The van der Waals surface area contributed by atoms with Gasteiger partial charge < -0.3 is 10.1 Å². The second kappa shape index (κ2) is 2.81. The van der Waals surface area contributed by atoms with Crippen LogP contribution in [-0.2, 0) is 0 Å². The summed E-state index contributed by atoms with van der Waals surface area (Å²) >= 11 is 3.14. The van der Waals surface area contributed by atoms with Gasteiger partial charge in [0.2, 0.25) is 0 Å². The quantitative estimate of drug-likeness (QED) is 0.792. The Kier molecular flexibility index (Phi) is 1.77. The fourth-order valence-electron chi connectivity index (χ4n) is 0.995. The highest BCUT2D eigenvalue weighted by atomic mass is 79.9. The molecule has 6 heteroatoms. The van der Waals surface area contributed by atoms with Gasteiger partial charge in [0.25, 0.3) is 0 Å². The van der Waals surface area contributed by atoms with E-state index >= 15 is 0 Å². The molecule has 0 unspecified atom stereocenters. The highest BCUT2D eigenvalue weighted by molar-refractivity contribution is 9.10. The minimum Gasteiger partial charge on any atom is -0.477 e. The van der Waals surface area contributed by atoms with Gasteiger partial charge in [-0.1, -0.05) is 0 Å². The summed E-state index contributed by atoms with van der Waals surface area (Å²) in [6.07, 6.45) is 1.44.